The van der Waals surface area contributed by atoms with Crippen LogP contribution in [0.1, 0.15) is 44.7 Å². The Labute approximate surface area is 97.2 Å². The van der Waals surface area contributed by atoms with Crippen LogP contribution in [0.4, 0.5) is 5.69 Å². The molecule has 1 aromatic carbocycles. The Morgan fingerprint density at radius 1 is 1.25 bits per heavy atom. The molecule has 1 aromatic rings. The van der Waals surface area contributed by atoms with E-state index in [2.05, 4.69) is 44.3 Å². The third-order valence-corrected chi connectivity index (χ3v) is 2.46. The lowest BCUT2D eigenvalue weighted by molar-refractivity contribution is 0.835. The largest absolute Gasteiger partial charge is 0.383 e. The van der Waals surface area contributed by atoms with Crippen molar-refractivity contribution in [1.82, 2.24) is 0 Å². The summed E-state index contributed by atoms with van der Waals surface area (Å²) in [6, 6.07) is 6.52. The molecule has 0 amide bonds. The highest BCUT2D eigenvalue weighted by Crippen LogP contribution is 2.24. The number of hydrogen-bond donors (Lipinski definition) is 1. The van der Waals surface area contributed by atoms with Crippen molar-refractivity contribution in [1.29, 1.82) is 0 Å². The van der Waals surface area contributed by atoms with Crippen molar-refractivity contribution < 1.29 is 0 Å². The first kappa shape index (κ1) is 12.7. The molecule has 0 fully saturated rings. The van der Waals surface area contributed by atoms with Crippen molar-refractivity contribution in [3.05, 3.63) is 34.2 Å². The zero-order valence-corrected chi connectivity index (χ0v) is 10.4. The van der Waals surface area contributed by atoms with Gasteiger partial charge in [-0.2, -0.15) is 4.91 Å². The molecule has 0 saturated carbocycles. The number of benzene rings is 1. The van der Waals surface area contributed by atoms with Crippen molar-refractivity contribution in [3.8, 4) is 0 Å². The zero-order chi connectivity index (χ0) is 12.1. The van der Waals surface area contributed by atoms with Crippen molar-refractivity contribution in [3.63, 3.8) is 0 Å². The van der Waals surface area contributed by atoms with E-state index in [9.17, 15) is 4.91 Å². The van der Waals surface area contributed by atoms with Crippen LogP contribution in [-0.2, 0) is 6.54 Å². The highest BCUT2D eigenvalue weighted by atomic mass is 16.3. The molecule has 0 aromatic heterocycles. The quantitative estimate of drug-likeness (QED) is 0.765. The van der Waals surface area contributed by atoms with Crippen LogP contribution < -0.4 is 5.32 Å². The van der Waals surface area contributed by atoms with Crippen LogP contribution in [0.3, 0.4) is 0 Å². The molecule has 16 heavy (non-hydrogen) atoms. The first-order valence-corrected chi connectivity index (χ1v) is 5.73. The maximum absolute atomic E-state index is 10.3. The second-order valence-electron chi connectivity index (χ2n) is 4.65. The fourth-order valence-corrected chi connectivity index (χ4v) is 1.77. The number of rotatable bonds is 5. The fraction of sp³-hybridized carbons (Fsp3) is 0.538. The highest BCUT2D eigenvalue weighted by Gasteiger charge is 2.08. The molecule has 0 spiro atoms. The van der Waals surface area contributed by atoms with E-state index < -0.39 is 0 Å². The maximum atomic E-state index is 10.3. The predicted molar refractivity (Wildman–Crippen MR) is 68.8 cm³/mol. The standard InChI is InChI=1S/C13H20N2O/c1-9(2)13-7-12(15-10(3)4)6-5-11(13)8-14-16/h5-7,9-10,15H,8H2,1-4H3. The van der Waals surface area contributed by atoms with Crippen molar-refractivity contribution in [2.24, 2.45) is 5.18 Å². The Kier molecular flexibility index (Phi) is 4.47. The summed E-state index contributed by atoms with van der Waals surface area (Å²) in [6.07, 6.45) is 0. The summed E-state index contributed by atoms with van der Waals surface area (Å²) in [5.74, 6) is 0.408. The Bertz CT molecular complexity index is 359. The number of nitrogens with one attached hydrogen (secondary N) is 1. The Morgan fingerprint density at radius 2 is 1.94 bits per heavy atom. The van der Waals surface area contributed by atoms with E-state index in [0.717, 1.165) is 11.3 Å². The third-order valence-electron chi connectivity index (χ3n) is 2.46. The summed E-state index contributed by atoms with van der Waals surface area (Å²) < 4.78 is 0. The van der Waals surface area contributed by atoms with Gasteiger partial charge in [0.1, 0.15) is 6.54 Å². The molecule has 0 aliphatic heterocycles. The maximum Gasteiger partial charge on any atom is 0.106 e. The molecular formula is C13H20N2O. The first-order valence-electron chi connectivity index (χ1n) is 5.73. The third kappa shape index (κ3) is 3.33. The minimum Gasteiger partial charge on any atom is -0.383 e. The van der Waals surface area contributed by atoms with Crippen LogP contribution in [-0.4, -0.2) is 6.04 Å². The normalized spacial score (nSPS) is 10.9. The molecule has 0 bridgehead atoms. The summed E-state index contributed by atoms with van der Waals surface area (Å²) in [5, 5.41) is 6.33. The number of hydrogen-bond acceptors (Lipinski definition) is 3. The summed E-state index contributed by atoms with van der Waals surface area (Å²) in [7, 11) is 0. The van der Waals surface area contributed by atoms with E-state index in [1.54, 1.807) is 0 Å². The van der Waals surface area contributed by atoms with Gasteiger partial charge in [0, 0.05) is 11.7 Å². The average molecular weight is 220 g/mol. The summed E-state index contributed by atoms with van der Waals surface area (Å²) in [6.45, 7) is 8.73. The lowest BCUT2D eigenvalue weighted by Crippen LogP contribution is -2.10. The van der Waals surface area contributed by atoms with E-state index in [-0.39, 0.29) is 6.54 Å². The van der Waals surface area contributed by atoms with Gasteiger partial charge in [0.25, 0.3) is 0 Å². The van der Waals surface area contributed by atoms with Gasteiger partial charge in [0.2, 0.25) is 0 Å². The van der Waals surface area contributed by atoms with Gasteiger partial charge in [-0.3, -0.25) is 0 Å². The minimum absolute atomic E-state index is 0.259. The summed E-state index contributed by atoms with van der Waals surface area (Å²) >= 11 is 0. The van der Waals surface area contributed by atoms with Crippen LogP contribution >= 0.6 is 0 Å². The van der Waals surface area contributed by atoms with Crippen molar-refractivity contribution in [2.75, 3.05) is 5.32 Å². The number of anilines is 1. The molecule has 0 radical (unpaired) electrons. The lowest BCUT2D eigenvalue weighted by Gasteiger charge is -2.15. The summed E-state index contributed by atoms with van der Waals surface area (Å²) in [4.78, 5) is 10.3. The van der Waals surface area contributed by atoms with Gasteiger partial charge >= 0.3 is 0 Å². The molecule has 0 aliphatic carbocycles. The molecule has 0 heterocycles. The monoisotopic (exact) mass is 220 g/mol. The Balaban J connectivity index is 3.01. The zero-order valence-electron chi connectivity index (χ0n) is 10.4. The van der Waals surface area contributed by atoms with Crippen LogP contribution in [0.15, 0.2) is 23.4 Å². The molecule has 3 heteroatoms. The second kappa shape index (κ2) is 5.64. The van der Waals surface area contributed by atoms with Gasteiger partial charge in [-0.25, -0.2) is 0 Å². The smallest absolute Gasteiger partial charge is 0.106 e. The van der Waals surface area contributed by atoms with Gasteiger partial charge in [-0.15, -0.1) is 0 Å². The molecule has 0 unspecified atom stereocenters. The minimum atomic E-state index is 0.259. The fourth-order valence-electron chi connectivity index (χ4n) is 1.77. The molecule has 3 nitrogen and oxygen atoms in total. The molecule has 0 saturated heterocycles. The van der Waals surface area contributed by atoms with E-state index >= 15 is 0 Å². The Morgan fingerprint density at radius 3 is 2.44 bits per heavy atom. The van der Waals surface area contributed by atoms with E-state index in [4.69, 9.17) is 0 Å². The van der Waals surface area contributed by atoms with Gasteiger partial charge in [-0.1, -0.05) is 25.1 Å². The number of nitrogens with zero attached hydrogens (tertiary/aromatic N) is 1. The Hall–Kier alpha value is -1.38. The topological polar surface area (TPSA) is 41.5 Å². The molecule has 88 valence electrons. The number of nitroso groups, excluding NO2 is 1. The van der Waals surface area contributed by atoms with Crippen molar-refractivity contribution >= 4 is 5.69 Å². The van der Waals surface area contributed by atoms with Crippen LogP contribution in [0.5, 0.6) is 0 Å². The lowest BCUT2D eigenvalue weighted by atomic mass is 9.96. The molecule has 0 aliphatic rings. The van der Waals surface area contributed by atoms with Crippen LogP contribution in [0.2, 0.25) is 0 Å². The molecule has 1 rings (SSSR count). The van der Waals surface area contributed by atoms with Gasteiger partial charge in [-0.05, 0) is 43.0 Å². The SMILES string of the molecule is CC(C)Nc1ccc(CN=O)c(C(C)C)c1. The van der Waals surface area contributed by atoms with Crippen LogP contribution in [0, 0.1) is 4.91 Å². The van der Waals surface area contributed by atoms with E-state index in [0.29, 0.717) is 12.0 Å². The first-order chi connectivity index (χ1) is 7.54. The van der Waals surface area contributed by atoms with Gasteiger partial charge in [0.05, 0.1) is 0 Å². The predicted octanol–water partition coefficient (Wildman–Crippen LogP) is 3.90. The molecular weight excluding hydrogens is 200 g/mol. The van der Waals surface area contributed by atoms with Crippen LogP contribution in [0.25, 0.3) is 0 Å². The highest BCUT2D eigenvalue weighted by molar-refractivity contribution is 5.50. The molecule has 1 N–H and O–H groups in total. The van der Waals surface area contributed by atoms with E-state index in [1.807, 2.05) is 12.1 Å². The molecule has 0 atom stereocenters. The van der Waals surface area contributed by atoms with Crippen molar-refractivity contribution in [2.45, 2.75) is 46.2 Å². The van der Waals surface area contributed by atoms with E-state index in [1.165, 1.54) is 5.56 Å². The average Bonchev–Trinajstić information content (AvgIpc) is 2.19. The van der Waals surface area contributed by atoms with Gasteiger partial charge in [0.15, 0.2) is 0 Å². The van der Waals surface area contributed by atoms with Gasteiger partial charge < -0.3 is 5.32 Å². The second-order valence-corrected chi connectivity index (χ2v) is 4.65. The summed E-state index contributed by atoms with van der Waals surface area (Å²) in [5.41, 5.74) is 3.33.